The first-order chi connectivity index (χ1) is 9.31. The Hall–Kier alpha value is -1.71. The van der Waals surface area contributed by atoms with E-state index in [9.17, 15) is 4.79 Å². The summed E-state index contributed by atoms with van der Waals surface area (Å²) in [6.45, 7) is 9.65. The van der Waals surface area contributed by atoms with Crippen LogP contribution >= 0.6 is 0 Å². The summed E-state index contributed by atoms with van der Waals surface area (Å²) in [7, 11) is 0. The predicted molar refractivity (Wildman–Crippen MR) is 83.0 cm³/mol. The highest BCUT2D eigenvalue weighted by Gasteiger charge is 2.21. The van der Waals surface area contributed by atoms with E-state index in [4.69, 9.17) is 4.74 Å². The lowest BCUT2D eigenvalue weighted by molar-refractivity contribution is 0.0503. The molecule has 0 aliphatic rings. The zero-order chi connectivity index (χ0) is 15.2. The average molecular weight is 278 g/mol. The third kappa shape index (κ3) is 5.95. The Kier molecular flexibility index (Phi) is 5.86. The lowest BCUT2D eigenvalue weighted by atomic mass is 10.1. The summed E-state index contributed by atoms with van der Waals surface area (Å²) < 4.78 is 5.28. The molecule has 4 heteroatoms. The van der Waals surface area contributed by atoms with Crippen molar-refractivity contribution < 1.29 is 9.53 Å². The maximum atomic E-state index is 11.8. The number of para-hydroxylation sites is 1. The van der Waals surface area contributed by atoms with Gasteiger partial charge in [-0.15, -0.1) is 0 Å². The van der Waals surface area contributed by atoms with Crippen molar-refractivity contribution in [3.8, 4) is 0 Å². The van der Waals surface area contributed by atoms with Gasteiger partial charge in [0.05, 0.1) is 0 Å². The maximum Gasteiger partial charge on any atom is 0.407 e. The van der Waals surface area contributed by atoms with Crippen molar-refractivity contribution in [3.63, 3.8) is 0 Å². The van der Waals surface area contributed by atoms with E-state index in [-0.39, 0.29) is 18.2 Å². The zero-order valence-corrected chi connectivity index (χ0v) is 13.1. The molecule has 0 heterocycles. The van der Waals surface area contributed by atoms with Crippen LogP contribution in [0.2, 0.25) is 0 Å². The molecular formula is C16H26N2O2. The van der Waals surface area contributed by atoms with Crippen molar-refractivity contribution in [2.45, 2.75) is 58.7 Å². The molecule has 4 nitrogen and oxygen atoms in total. The van der Waals surface area contributed by atoms with Crippen LogP contribution in [-0.4, -0.2) is 23.8 Å². The molecule has 0 aromatic heterocycles. The maximum absolute atomic E-state index is 11.8. The molecule has 0 radical (unpaired) electrons. The molecule has 20 heavy (non-hydrogen) atoms. The molecule has 1 aromatic rings. The molecule has 2 N–H and O–H groups in total. The van der Waals surface area contributed by atoms with E-state index in [0.717, 1.165) is 12.1 Å². The molecule has 1 rings (SSSR count). The molecule has 112 valence electrons. The SMILES string of the molecule is CC[C@@H](Nc1ccccc1)[C@@H](C)NC(=O)OC(C)(C)C. The van der Waals surface area contributed by atoms with Crippen molar-refractivity contribution >= 4 is 11.8 Å². The van der Waals surface area contributed by atoms with E-state index in [1.165, 1.54) is 0 Å². The van der Waals surface area contributed by atoms with Crippen molar-refractivity contribution in [2.24, 2.45) is 0 Å². The summed E-state index contributed by atoms with van der Waals surface area (Å²) in [5, 5.41) is 6.31. The van der Waals surface area contributed by atoms with Gasteiger partial charge in [0.15, 0.2) is 0 Å². The number of hydrogen-bond donors (Lipinski definition) is 2. The number of alkyl carbamates (subject to hydrolysis) is 1. The van der Waals surface area contributed by atoms with Crippen LogP contribution in [0.1, 0.15) is 41.0 Å². The van der Waals surface area contributed by atoms with Gasteiger partial charge in [-0.05, 0) is 46.2 Å². The van der Waals surface area contributed by atoms with E-state index in [1.807, 2.05) is 58.0 Å². The van der Waals surface area contributed by atoms with Crippen molar-refractivity contribution in [1.82, 2.24) is 5.32 Å². The second kappa shape index (κ2) is 7.17. The largest absolute Gasteiger partial charge is 0.444 e. The van der Waals surface area contributed by atoms with E-state index in [2.05, 4.69) is 17.6 Å². The van der Waals surface area contributed by atoms with Crippen LogP contribution in [0.4, 0.5) is 10.5 Å². The molecule has 2 atom stereocenters. The molecule has 0 fully saturated rings. The van der Waals surface area contributed by atoms with E-state index < -0.39 is 5.60 Å². The van der Waals surface area contributed by atoms with E-state index >= 15 is 0 Å². The first kappa shape index (κ1) is 16.3. The lowest BCUT2D eigenvalue weighted by Crippen LogP contribution is -2.46. The number of hydrogen-bond acceptors (Lipinski definition) is 3. The highest BCUT2D eigenvalue weighted by molar-refractivity contribution is 5.68. The van der Waals surface area contributed by atoms with E-state index in [1.54, 1.807) is 0 Å². The van der Waals surface area contributed by atoms with Crippen LogP contribution < -0.4 is 10.6 Å². The van der Waals surface area contributed by atoms with Gasteiger partial charge in [-0.2, -0.15) is 0 Å². The lowest BCUT2D eigenvalue weighted by Gasteiger charge is -2.27. The molecule has 0 bridgehead atoms. The monoisotopic (exact) mass is 278 g/mol. The topological polar surface area (TPSA) is 50.4 Å². The third-order valence-electron chi connectivity index (χ3n) is 2.91. The van der Waals surface area contributed by atoms with Crippen LogP contribution in [-0.2, 0) is 4.74 Å². The smallest absolute Gasteiger partial charge is 0.407 e. The second-order valence-corrected chi connectivity index (χ2v) is 5.96. The summed E-state index contributed by atoms with van der Waals surface area (Å²) >= 11 is 0. The summed E-state index contributed by atoms with van der Waals surface area (Å²) in [5.41, 5.74) is 0.579. The molecule has 1 amide bonds. The van der Waals surface area contributed by atoms with Crippen LogP contribution in [0, 0.1) is 0 Å². The number of rotatable bonds is 5. The minimum atomic E-state index is -0.474. The normalized spacial score (nSPS) is 14.2. The van der Waals surface area contributed by atoms with Crippen molar-refractivity contribution in [3.05, 3.63) is 30.3 Å². The first-order valence-corrected chi connectivity index (χ1v) is 7.13. The van der Waals surface area contributed by atoms with Gasteiger partial charge < -0.3 is 15.4 Å². The van der Waals surface area contributed by atoms with Gasteiger partial charge in [0.2, 0.25) is 0 Å². The molecule has 0 saturated heterocycles. The Bertz CT molecular complexity index is 412. The summed E-state index contributed by atoms with van der Waals surface area (Å²) in [6, 6.07) is 10.1. The van der Waals surface area contributed by atoms with Gasteiger partial charge in [0.25, 0.3) is 0 Å². The minimum Gasteiger partial charge on any atom is -0.444 e. The molecule has 0 saturated carbocycles. The fourth-order valence-corrected chi connectivity index (χ4v) is 1.92. The van der Waals surface area contributed by atoms with Crippen LogP contribution in [0.15, 0.2) is 30.3 Å². The predicted octanol–water partition coefficient (Wildman–Crippen LogP) is 3.79. The van der Waals surface area contributed by atoms with Gasteiger partial charge in [-0.3, -0.25) is 0 Å². The van der Waals surface area contributed by atoms with E-state index in [0.29, 0.717) is 0 Å². The van der Waals surface area contributed by atoms with Gasteiger partial charge in [0.1, 0.15) is 5.60 Å². The van der Waals surface area contributed by atoms with Gasteiger partial charge >= 0.3 is 6.09 Å². The van der Waals surface area contributed by atoms with Crippen LogP contribution in [0.5, 0.6) is 0 Å². The highest BCUT2D eigenvalue weighted by Crippen LogP contribution is 2.12. The standard InChI is InChI=1S/C16H26N2O2/c1-6-14(18-13-10-8-7-9-11-13)12(2)17-15(19)20-16(3,4)5/h7-12,14,18H,6H2,1-5H3,(H,17,19)/t12-,14-/m1/s1. The number of ether oxygens (including phenoxy) is 1. The number of anilines is 1. The Morgan fingerprint density at radius 1 is 1.25 bits per heavy atom. The highest BCUT2D eigenvalue weighted by atomic mass is 16.6. The second-order valence-electron chi connectivity index (χ2n) is 5.96. The van der Waals surface area contributed by atoms with Crippen molar-refractivity contribution in [2.75, 3.05) is 5.32 Å². The Morgan fingerprint density at radius 3 is 2.35 bits per heavy atom. The van der Waals surface area contributed by atoms with Crippen LogP contribution in [0.25, 0.3) is 0 Å². The number of amides is 1. The Labute approximate surface area is 121 Å². The quantitative estimate of drug-likeness (QED) is 0.861. The number of benzene rings is 1. The molecule has 0 unspecified atom stereocenters. The minimum absolute atomic E-state index is 0.0185. The average Bonchev–Trinajstić information content (AvgIpc) is 2.34. The first-order valence-electron chi connectivity index (χ1n) is 7.13. The van der Waals surface area contributed by atoms with Gasteiger partial charge in [-0.1, -0.05) is 25.1 Å². The summed E-state index contributed by atoms with van der Waals surface area (Å²) in [6.07, 6.45) is 0.532. The number of carbonyl (C=O) groups is 1. The molecular weight excluding hydrogens is 252 g/mol. The molecule has 0 aliphatic carbocycles. The van der Waals surface area contributed by atoms with Crippen LogP contribution in [0.3, 0.4) is 0 Å². The number of nitrogens with one attached hydrogen (secondary N) is 2. The number of carbonyl (C=O) groups excluding carboxylic acids is 1. The fourth-order valence-electron chi connectivity index (χ4n) is 1.92. The summed E-state index contributed by atoms with van der Waals surface area (Å²) in [5.74, 6) is 0. The fraction of sp³-hybridized carbons (Fsp3) is 0.562. The zero-order valence-electron chi connectivity index (χ0n) is 13.1. The summed E-state index contributed by atoms with van der Waals surface area (Å²) in [4.78, 5) is 11.8. The molecule has 0 spiro atoms. The Morgan fingerprint density at radius 2 is 1.85 bits per heavy atom. The Balaban J connectivity index is 2.55. The van der Waals surface area contributed by atoms with Gasteiger partial charge in [-0.25, -0.2) is 4.79 Å². The van der Waals surface area contributed by atoms with Gasteiger partial charge in [0, 0.05) is 17.8 Å². The molecule has 0 aliphatic heterocycles. The van der Waals surface area contributed by atoms with Crippen molar-refractivity contribution in [1.29, 1.82) is 0 Å². The third-order valence-corrected chi connectivity index (χ3v) is 2.91. The molecule has 1 aromatic carbocycles.